The van der Waals surface area contributed by atoms with Gasteiger partial charge in [0.15, 0.2) is 0 Å². The standard InChI is InChI=1S/C30H38F3N3O2/c1-21(34-2)28(37)20-26(22-11-5-3-6-12-22)29(38)35-18-10-17-27(35)23-13-9-16-25(19-23)36(30(31,32)33)24-14-7-4-8-15-24/h4,7-9,13-16,19,21-22,26-27,34H,3,5-6,10-12,17-18,20H2,1-2H3/t21-,26-,27-/m0/s1. The van der Waals surface area contributed by atoms with Gasteiger partial charge in [-0.3, -0.25) is 14.5 Å². The van der Waals surface area contributed by atoms with E-state index in [2.05, 4.69) is 5.32 Å². The lowest BCUT2D eigenvalue weighted by Crippen LogP contribution is -2.42. The number of hydrogen-bond acceptors (Lipinski definition) is 4. The molecule has 1 heterocycles. The molecule has 1 saturated heterocycles. The summed E-state index contributed by atoms with van der Waals surface area (Å²) in [6.45, 7) is 2.36. The van der Waals surface area contributed by atoms with Gasteiger partial charge in [-0.2, -0.15) is 0 Å². The van der Waals surface area contributed by atoms with E-state index in [1.54, 1.807) is 37.4 Å². The van der Waals surface area contributed by atoms with Crippen LogP contribution < -0.4 is 10.2 Å². The first-order valence-corrected chi connectivity index (χ1v) is 13.7. The molecule has 0 bridgehead atoms. The SMILES string of the molecule is CN[C@@H](C)C(=O)C[C@H](C(=O)N1CCC[C@H]1c1cccc(N(c2ccccc2)C(F)(F)F)c1)C1CCCCC1. The highest BCUT2D eigenvalue weighted by Gasteiger charge is 2.41. The zero-order valence-electron chi connectivity index (χ0n) is 22.2. The van der Waals surface area contributed by atoms with Crippen molar-refractivity contribution in [3.05, 3.63) is 60.2 Å². The Hall–Kier alpha value is -2.87. The monoisotopic (exact) mass is 529 g/mol. The first-order chi connectivity index (χ1) is 18.2. The molecule has 2 aromatic rings. The molecule has 2 aromatic carbocycles. The van der Waals surface area contributed by atoms with E-state index >= 15 is 0 Å². The summed E-state index contributed by atoms with van der Waals surface area (Å²) in [7, 11) is 1.74. The second-order valence-corrected chi connectivity index (χ2v) is 10.6. The van der Waals surface area contributed by atoms with Crippen molar-refractivity contribution < 1.29 is 22.8 Å². The number of para-hydroxylation sites is 1. The van der Waals surface area contributed by atoms with Gasteiger partial charge < -0.3 is 10.2 Å². The molecule has 1 saturated carbocycles. The summed E-state index contributed by atoms with van der Waals surface area (Å²) in [4.78, 5) is 29.1. The normalized spacial score (nSPS) is 20.2. The molecule has 0 radical (unpaired) electrons. The lowest BCUT2D eigenvalue weighted by molar-refractivity contribution is -0.141. The second-order valence-electron chi connectivity index (χ2n) is 10.6. The first-order valence-electron chi connectivity index (χ1n) is 13.7. The number of nitrogens with one attached hydrogen (secondary N) is 1. The quantitative estimate of drug-likeness (QED) is 0.364. The fraction of sp³-hybridized carbons (Fsp3) is 0.533. The van der Waals surface area contributed by atoms with Crippen LogP contribution in [0.15, 0.2) is 54.6 Å². The van der Waals surface area contributed by atoms with Gasteiger partial charge in [0.05, 0.1) is 12.1 Å². The minimum absolute atomic E-state index is 0.0161. The van der Waals surface area contributed by atoms with E-state index in [4.69, 9.17) is 0 Å². The number of likely N-dealkylation sites (tertiary alicyclic amines) is 1. The highest BCUT2D eigenvalue weighted by atomic mass is 19.4. The van der Waals surface area contributed by atoms with Gasteiger partial charge in [0.1, 0.15) is 5.78 Å². The summed E-state index contributed by atoms with van der Waals surface area (Å²) in [5, 5.41) is 2.99. The molecule has 2 fully saturated rings. The van der Waals surface area contributed by atoms with Crippen LogP contribution in [0, 0.1) is 11.8 Å². The molecule has 1 aliphatic carbocycles. The number of carbonyl (C=O) groups excluding carboxylic acids is 2. The van der Waals surface area contributed by atoms with E-state index in [1.165, 1.54) is 18.2 Å². The van der Waals surface area contributed by atoms with Crippen LogP contribution in [0.5, 0.6) is 0 Å². The molecule has 1 N–H and O–H groups in total. The average molecular weight is 530 g/mol. The molecule has 8 heteroatoms. The smallest absolute Gasteiger partial charge is 0.335 e. The summed E-state index contributed by atoms with van der Waals surface area (Å²) >= 11 is 0. The zero-order valence-corrected chi connectivity index (χ0v) is 22.2. The van der Waals surface area contributed by atoms with Gasteiger partial charge in [-0.05, 0) is 75.4 Å². The predicted molar refractivity (Wildman–Crippen MR) is 143 cm³/mol. The summed E-state index contributed by atoms with van der Waals surface area (Å²) in [5.41, 5.74) is 0.740. The molecule has 38 heavy (non-hydrogen) atoms. The number of anilines is 2. The van der Waals surface area contributed by atoms with Crippen LogP contribution >= 0.6 is 0 Å². The van der Waals surface area contributed by atoms with Crippen LogP contribution in [0.4, 0.5) is 24.5 Å². The predicted octanol–water partition coefficient (Wildman–Crippen LogP) is 6.77. The number of ketones is 1. The van der Waals surface area contributed by atoms with Gasteiger partial charge in [-0.25, -0.2) is 0 Å². The third kappa shape index (κ3) is 6.40. The van der Waals surface area contributed by atoms with Crippen molar-refractivity contribution in [2.24, 2.45) is 11.8 Å². The Balaban J connectivity index is 1.62. The van der Waals surface area contributed by atoms with Gasteiger partial charge in [0, 0.05) is 30.3 Å². The summed E-state index contributed by atoms with van der Waals surface area (Å²) < 4.78 is 42.5. The molecule has 3 atom stereocenters. The maximum atomic E-state index is 14.2. The van der Waals surface area contributed by atoms with Crippen LogP contribution in [0.1, 0.15) is 69.9 Å². The molecule has 0 aromatic heterocycles. The largest absolute Gasteiger partial charge is 0.489 e. The Morgan fingerprint density at radius 2 is 1.66 bits per heavy atom. The maximum absolute atomic E-state index is 14.2. The zero-order chi connectivity index (χ0) is 27.3. The maximum Gasteiger partial charge on any atom is 0.489 e. The number of benzene rings is 2. The summed E-state index contributed by atoms with van der Waals surface area (Å²) in [5.74, 6) is -0.232. The Morgan fingerprint density at radius 3 is 2.32 bits per heavy atom. The van der Waals surface area contributed by atoms with Crippen molar-refractivity contribution in [1.82, 2.24) is 10.2 Å². The van der Waals surface area contributed by atoms with Crippen molar-refractivity contribution in [3.63, 3.8) is 0 Å². The molecule has 0 spiro atoms. The number of nitrogens with zero attached hydrogens (tertiary/aromatic N) is 2. The van der Waals surface area contributed by atoms with E-state index in [-0.39, 0.29) is 47.5 Å². The Morgan fingerprint density at radius 1 is 0.974 bits per heavy atom. The van der Waals surface area contributed by atoms with Crippen molar-refractivity contribution in [2.75, 3.05) is 18.5 Å². The summed E-state index contributed by atoms with van der Waals surface area (Å²) in [6, 6.07) is 13.5. The third-order valence-corrected chi connectivity index (χ3v) is 8.19. The van der Waals surface area contributed by atoms with E-state index in [0.29, 0.717) is 23.4 Å². The van der Waals surface area contributed by atoms with Gasteiger partial charge in [0.2, 0.25) is 5.91 Å². The second kappa shape index (κ2) is 12.3. The molecule has 0 unspecified atom stereocenters. The van der Waals surface area contributed by atoms with E-state index in [1.807, 2.05) is 17.9 Å². The minimum atomic E-state index is -4.61. The van der Waals surface area contributed by atoms with Gasteiger partial charge >= 0.3 is 6.30 Å². The lowest BCUT2D eigenvalue weighted by atomic mass is 9.76. The average Bonchev–Trinajstić information content (AvgIpc) is 3.41. The number of rotatable bonds is 9. The molecule has 206 valence electrons. The number of hydrogen-bond donors (Lipinski definition) is 1. The number of amides is 1. The number of alkyl halides is 3. The van der Waals surface area contributed by atoms with Gasteiger partial charge in [-0.15, -0.1) is 13.2 Å². The minimum Gasteiger partial charge on any atom is -0.335 e. The summed E-state index contributed by atoms with van der Waals surface area (Å²) in [6.07, 6.45) is 2.18. The van der Waals surface area contributed by atoms with Crippen LogP contribution in [0.25, 0.3) is 0 Å². The van der Waals surface area contributed by atoms with Crippen LogP contribution in [-0.2, 0) is 9.59 Å². The third-order valence-electron chi connectivity index (χ3n) is 8.19. The Kier molecular flexibility index (Phi) is 9.13. The highest BCUT2D eigenvalue weighted by Crippen LogP contribution is 2.41. The van der Waals surface area contributed by atoms with E-state index < -0.39 is 12.2 Å². The van der Waals surface area contributed by atoms with Crippen molar-refractivity contribution in [3.8, 4) is 0 Å². The van der Waals surface area contributed by atoms with E-state index in [0.717, 1.165) is 38.5 Å². The number of halogens is 3. The van der Waals surface area contributed by atoms with E-state index in [9.17, 15) is 22.8 Å². The van der Waals surface area contributed by atoms with Gasteiger partial charge in [0.25, 0.3) is 0 Å². The highest BCUT2D eigenvalue weighted by molar-refractivity contribution is 5.90. The molecule has 1 aliphatic heterocycles. The molecular weight excluding hydrogens is 491 g/mol. The van der Waals surface area contributed by atoms with Crippen molar-refractivity contribution >= 4 is 23.1 Å². The number of Topliss-reactive ketones (excluding diaryl/α,β-unsaturated/α-hetero) is 1. The molecular formula is C30H38F3N3O2. The molecule has 4 rings (SSSR count). The van der Waals surface area contributed by atoms with Crippen molar-refractivity contribution in [2.45, 2.75) is 76.7 Å². The van der Waals surface area contributed by atoms with Crippen LogP contribution in [0.2, 0.25) is 0 Å². The number of carbonyl (C=O) groups is 2. The van der Waals surface area contributed by atoms with Crippen LogP contribution in [0.3, 0.4) is 0 Å². The fourth-order valence-electron chi connectivity index (χ4n) is 6.03. The van der Waals surface area contributed by atoms with Crippen molar-refractivity contribution in [1.29, 1.82) is 0 Å². The lowest BCUT2D eigenvalue weighted by Gasteiger charge is -2.35. The fourth-order valence-corrected chi connectivity index (χ4v) is 6.03. The molecule has 2 aliphatic rings. The van der Waals surface area contributed by atoms with Gasteiger partial charge in [-0.1, -0.05) is 49.6 Å². The molecule has 5 nitrogen and oxygen atoms in total. The Labute approximate surface area is 223 Å². The topological polar surface area (TPSA) is 52.7 Å². The van der Waals surface area contributed by atoms with Crippen LogP contribution in [-0.4, -0.2) is 42.5 Å². The first kappa shape index (κ1) is 28.1. The molecule has 1 amide bonds. The Bertz CT molecular complexity index is 1090. The number of likely N-dealkylation sites (N-methyl/N-ethyl adjacent to an activating group) is 1.